The van der Waals surface area contributed by atoms with E-state index in [1.54, 1.807) is 17.0 Å². The minimum Gasteiger partial charge on any atom is -0.345 e. The van der Waals surface area contributed by atoms with E-state index in [4.69, 9.17) is 17.3 Å². The molecule has 0 aliphatic heterocycles. The van der Waals surface area contributed by atoms with Gasteiger partial charge in [0, 0.05) is 24.7 Å². The van der Waals surface area contributed by atoms with Crippen LogP contribution in [0.2, 0.25) is 5.02 Å². The van der Waals surface area contributed by atoms with Crippen molar-refractivity contribution in [1.82, 2.24) is 4.90 Å². The third-order valence-corrected chi connectivity index (χ3v) is 3.60. The number of nitrogens with zero attached hydrogens (tertiary/aromatic N) is 1. The Morgan fingerprint density at radius 3 is 2.35 bits per heavy atom. The van der Waals surface area contributed by atoms with Crippen LogP contribution in [0.5, 0.6) is 0 Å². The van der Waals surface area contributed by atoms with Gasteiger partial charge < -0.3 is 10.6 Å². The van der Waals surface area contributed by atoms with Crippen LogP contribution in [-0.2, 0) is 11.2 Å². The molecule has 1 amide bonds. The Morgan fingerprint density at radius 1 is 1.30 bits per heavy atom. The molecule has 0 radical (unpaired) electrons. The van der Waals surface area contributed by atoms with E-state index < -0.39 is 0 Å². The molecule has 0 heterocycles. The predicted molar refractivity (Wildman–Crippen MR) is 87.5 cm³/mol. The zero-order chi connectivity index (χ0) is 14.4. The summed E-state index contributed by atoms with van der Waals surface area (Å²) in [4.78, 5) is 13.8. The first-order valence-corrected chi connectivity index (χ1v) is 7.02. The molecule has 20 heavy (non-hydrogen) atoms. The van der Waals surface area contributed by atoms with Crippen molar-refractivity contribution in [3.8, 4) is 0 Å². The number of halogens is 2. The minimum absolute atomic E-state index is 0. The Morgan fingerprint density at radius 2 is 1.85 bits per heavy atom. The van der Waals surface area contributed by atoms with E-state index >= 15 is 0 Å². The second kappa shape index (κ2) is 9.22. The van der Waals surface area contributed by atoms with E-state index in [0.29, 0.717) is 23.9 Å². The predicted octanol–water partition coefficient (Wildman–Crippen LogP) is 3.14. The van der Waals surface area contributed by atoms with Crippen LogP contribution in [0.4, 0.5) is 0 Å². The molecule has 0 aliphatic carbocycles. The molecule has 2 N–H and O–H groups in total. The maximum Gasteiger partial charge on any atom is 0.226 e. The number of benzene rings is 1. The van der Waals surface area contributed by atoms with Crippen molar-refractivity contribution in [3.05, 3.63) is 34.9 Å². The van der Waals surface area contributed by atoms with Gasteiger partial charge in [-0.2, -0.15) is 0 Å². The number of rotatable bonds is 6. The highest BCUT2D eigenvalue weighted by molar-refractivity contribution is 6.30. The summed E-state index contributed by atoms with van der Waals surface area (Å²) >= 11 is 5.82. The van der Waals surface area contributed by atoms with Gasteiger partial charge in [-0.05, 0) is 30.0 Å². The Kier molecular flexibility index (Phi) is 8.86. The van der Waals surface area contributed by atoms with Gasteiger partial charge in [-0.3, -0.25) is 4.79 Å². The lowest BCUT2D eigenvalue weighted by molar-refractivity contribution is -0.129. The van der Waals surface area contributed by atoms with Gasteiger partial charge in [0.25, 0.3) is 0 Å². The lowest BCUT2D eigenvalue weighted by atomic mass is 10.0. The largest absolute Gasteiger partial charge is 0.345 e. The second-order valence-corrected chi connectivity index (χ2v) is 5.75. The average molecular weight is 319 g/mol. The van der Waals surface area contributed by atoms with E-state index in [9.17, 15) is 4.79 Å². The fraction of sp³-hybridized carbons (Fsp3) is 0.533. The van der Waals surface area contributed by atoms with Gasteiger partial charge in [-0.25, -0.2) is 0 Å². The molecular formula is C15H24Cl2N2O. The first-order valence-electron chi connectivity index (χ1n) is 6.64. The van der Waals surface area contributed by atoms with E-state index in [-0.39, 0.29) is 24.4 Å². The third kappa shape index (κ3) is 6.60. The van der Waals surface area contributed by atoms with Crippen LogP contribution in [-0.4, -0.2) is 30.4 Å². The van der Waals surface area contributed by atoms with Crippen molar-refractivity contribution < 1.29 is 4.79 Å². The van der Waals surface area contributed by atoms with Crippen molar-refractivity contribution in [1.29, 1.82) is 0 Å². The summed E-state index contributed by atoms with van der Waals surface area (Å²) in [5.74, 6) is 0.554. The van der Waals surface area contributed by atoms with Crippen molar-refractivity contribution in [3.63, 3.8) is 0 Å². The molecule has 0 spiro atoms. The molecule has 1 atom stereocenters. The molecule has 1 rings (SSSR count). The third-order valence-electron chi connectivity index (χ3n) is 3.35. The van der Waals surface area contributed by atoms with Gasteiger partial charge in [0.05, 0.1) is 6.42 Å². The first kappa shape index (κ1) is 19.2. The van der Waals surface area contributed by atoms with Crippen molar-refractivity contribution in [2.75, 3.05) is 13.6 Å². The monoisotopic (exact) mass is 318 g/mol. The number of carbonyl (C=O) groups excluding carboxylic acids is 1. The topological polar surface area (TPSA) is 46.3 Å². The summed E-state index contributed by atoms with van der Waals surface area (Å²) in [7, 11) is 1.82. The molecule has 3 nitrogen and oxygen atoms in total. The van der Waals surface area contributed by atoms with Crippen LogP contribution in [0.3, 0.4) is 0 Å². The van der Waals surface area contributed by atoms with Crippen molar-refractivity contribution >= 4 is 29.9 Å². The smallest absolute Gasteiger partial charge is 0.226 e. The molecule has 0 fully saturated rings. The highest BCUT2D eigenvalue weighted by Crippen LogP contribution is 2.11. The van der Waals surface area contributed by atoms with Crippen LogP contribution >= 0.6 is 24.0 Å². The number of hydrogen-bond donors (Lipinski definition) is 1. The maximum atomic E-state index is 12.0. The van der Waals surface area contributed by atoms with Crippen molar-refractivity contribution in [2.45, 2.75) is 32.7 Å². The standard InChI is InChI=1S/C15H23ClN2O.ClH/c1-11(2)14(17)8-9-18(3)15(19)10-12-4-6-13(16)7-5-12;/h4-7,11,14H,8-10,17H2,1-3H3;1H. The van der Waals surface area contributed by atoms with Crippen LogP contribution in [0, 0.1) is 5.92 Å². The van der Waals surface area contributed by atoms with Crippen LogP contribution in [0.1, 0.15) is 25.8 Å². The molecular weight excluding hydrogens is 295 g/mol. The minimum atomic E-state index is 0. The summed E-state index contributed by atoms with van der Waals surface area (Å²) in [6.07, 6.45) is 1.24. The summed E-state index contributed by atoms with van der Waals surface area (Å²) in [6, 6.07) is 7.52. The highest BCUT2D eigenvalue weighted by Gasteiger charge is 2.13. The molecule has 0 saturated heterocycles. The Bertz CT molecular complexity index is 407. The lowest BCUT2D eigenvalue weighted by Crippen LogP contribution is -2.35. The van der Waals surface area contributed by atoms with Gasteiger partial charge >= 0.3 is 0 Å². The summed E-state index contributed by atoms with van der Waals surface area (Å²) in [6.45, 7) is 4.90. The van der Waals surface area contributed by atoms with E-state index in [2.05, 4.69) is 13.8 Å². The Labute approximate surface area is 132 Å². The number of amides is 1. The Balaban J connectivity index is 0.00000361. The van der Waals surface area contributed by atoms with Gasteiger partial charge in [0.1, 0.15) is 0 Å². The molecule has 0 bridgehead atoms. The first-order chi connectivity index (χ1) is 8.90. The van der Waals surface area contributed by atoms with Gasteiger partial charge in [-0.15, -0.1) is 12.4 Å². The SMILES string of the molecule is CC(C)C(N)CCN(C)C(=O)Cc1ccc(Cl)cc1.Cl. The maximum absolute atomic E-state index is 12.0. The molecule has 1 unspecified atom stereocenters. The Hall–Kier alpha value is -0.770. The fourth-order valence-corrected chi connectivity index (χ4v) is 1.84. The summed E-state index contributed by atoms with van der Waals surface area (Å²) in [5, 5.41) is 0.687. The average Bonchev–Trinajstić information content (AvgIpc) is 2.37. The van der Waals surface area contributed by atoms with Gasteiger partial charge in [0.15, 0.2) is 0 Å². The van der Waals surface area contributed by atoms with E-state index in [0.717, 1.165) is 12.0 Å². The molecule has 1 aromatic rings. The number of likely N-dealkylation sites (N-methyl/N-ethyl adjacent to an activating group) is 1. The van der Waals surface area contributed by atoms with Crippen LogP contribution < -0.4 is 5.73 Å². The van der Waals surface area contributed by atoms with E-state index in [1.165, 1.54) is 0 Å². The molecule has 0 aromatic heterocycles. The molecule has 0 aliphatic rings. The zero-order valence-electron chi connectivity index (χ0n) is 12.3. The molecule has 0 saturated carbocycles. The molecule has 114 valence electrons. The van der Waals surface area contributed by atoms with Gasteiger partial charge in [-0.1, -0.05) is 37.6 Å². The number of carbonyl (C=O) groups is 1. The fourth-order valence-electron chi connectivity index (χ4n) is 1.71. The van der Waals surface area contributed by atoms with Gasteiger partial charge in [0.2, 0.25) is 5.91 Å². The van der Waals surface area contributed by atoms with E-state index in [1.807, 2.05) is 19.2 Å². The van der Waals surface area contributed by atoms with Crippen LogP contribution in [0.25, 0.3) is 0 Å². The quantitative estimate of drug-likeness (QED) is 0.875. The molecule has 1 aromatic carbocycles. The second-order valence-electron chi connectivity index (χ2n) is 5.32. The number of hydrogen-bond acceptors (Lipinski definition) is 2. The normalized spacial score (nSPS) is 11.9. The van der Waals surface area contributed by atoms with Crippen LogP contribution in [0.15, 0.2) is 24.3 Å². The summed E-state index contributed by atoms with van der Waals surface area (Å²) in [5.41, 5.74) is 6.96. The number of nitrogens with two attached hydrogens (primary N) is 1. The molecule has 5 heteroatoms. The zero-order valence-corrected chi connectivity index (χ0v) is 13.9. The summed E-state index contributed by atoms with van der Waals surface area (Å²) < 4.78 is 0. The highest BCUT2D eigenvalue weighted by atomic mass is 35.5. The lowest BCUT2D eigenvalue weighted by Gasteiger charge is -2.21. The van der Waals surface area contributed by atoms with Crippen molar-refractivity contribution in [2.24, 2.45) is 11.7 Å².